The van der Waals surface area contributed by atoms with Crippen LogP contribution in [-0.2, 0) is 9.53 Å². The predicted octanol–water partition coefficient (Wildman–Crippen LogP) is 3.50. The molecule has 3 nitrogen and oxygen atoms in total. The Labute approximate surface area is 126 Å². The summed E-state index contributed by atoms with van der Waals surface area (Å²) in [6.07, 6.45) is 6.15. The highest BCUT2D eigenvalue weighted by Gasteiger charge is 2.44. The first-order valence-corrected chi connectivity index (χ1v) is 8.25. The number of anilines is 1. The molecule has 2 unspecified atom stereocenters. The van der Waals surface area contributed by atoms with E-state index < -0.39 is 0 Å². The van der Waals surface area contributed by atoms with Crippen LogP contribution in [-0.4, -0.2) is 24.5 Å². The third kappa shape index (κ3) is 2.38. The number of fused-ring (bicyclic) bond motifs is 1. The van der Waals surface area contributed by atoms with Gasteiger partial charge in [0.15, 0.2) is 0 Å². The van der Waals surface area contributed by atoms with E-state index in [2.05, 4.69) is 29.6 Å². The number of nitrogens with one attached hydrogen (secondary N) is 1. The fraction of sp³-hybridized carbons (Fsp3) is 0.611. The van der Waals surface area contributed by atoms with Crippen LogP contribution in [0, 0.1) is 5.92 Å². The normalized spacial score (nSPS) is 29.5. The lowest BCUT2D eigenvalue weighted by Gasteiger charge is -2.47. The Kier molecular flexibility index (Phi) is 3.26. The van der Waals surface area contributed by atoms with Gasteiger partial charge in [-0.25, -0.2) is 0 Å². The van der Waals surface area contributed by atoms with Crippen molar-refractivity contribution in [2.45, 2.75) is 50.0 Å². The molecule has 0 radical (unpaired) electrons. The van der Waals surface area contributed by atoms with Crippen molar-refractivity contribution in [3.63, 3.8) is 0 Å². The molecule has 1 spiro atoms. The van der Waals surface area contributed by atoms with E-state index in [1.54, 1.807) is 0 Å². The highest BCUT2D eigenvalue weighted by molar-refractivity contribution is 5.83. The van der Waals surface area contributed by atoms with E-state index in [4.69, 9.17) is 4.74 Å². The Bertz CT molecular complexity index is 550. The van der Waals surface area contributed by atoms with Crippen LogP contribution in [0.3, 0.4) is 0 Å². The first-order chi connectivity index (χ1) is 10.3. The fourth-order valence-corrected chi connectivity index (χ4v) is 4.17. The number of ketones is 1. The molecule has 2 atom stereocenters. The predicted molar refractivity (Wildman–Crippen MR) is 82.6 cm³/mol. The number of para-hydroxylation sites is 1. The second-order valence-electron chi connectivity index (χ2n) is 6.91. The molecule has 1 aromatic carbocycles. The lowest BCUT2D eigenvalue weighted by Crippen LogP contribution is -2.47. The second kappa shape index (κ2) is 5.13. The number of carbonyl (C=O) groups is 1. The topological polar surface area (TPSA) is 38.3 Å². The minimum atomic E-state index is 0.0738. The summed E-state index contributed by atoms with van der Waals surface area (Å²) in [7, 11) is 0. The van der Waals surface area contributed by atoms with Crippen LogP contribution in [0.15, 0.2) is 24.3 Å². The molecular weight excluding hydrogens is 262 g/mol. The minimum Gasteiger partial charge on any atom is -0.384 e. The Morgan fingerprint density at radius 1 is 1.33 bits per heavy atom. The molecule has 0 bridgehead atoms. The number of hydrogen-bond donors (Lipinski definition) is 1. The average molecular weight is 285 g/mol. The second-order valence-corrected chi connectivity index (χ2v) is 6.91. The van der Waals surface area contributed by atoms with E-state index in [-0.39, 0.29) is 11.5 Å². The molecule has 2 heterocycles. The molecule has 1 saturated heterocycles. The Balaban J connectivity index is 1.42. The molecule has 3 heteroatoms. The number of ether oxygens (including phenoxy) is 1. The fourth-order valence-electron chi connectivity index (χ4n) is 4.17. The highest BCUT2D eigenvalue weighted by Crippen LogP contribution is 2.45. The molecule has 1 aliphatic carbocycles. The van der Waals surface area contributed by atoms with E-state index in [1.807, 2.05) is 0 Å². The van der Waals surface area contributed by atoms with Crippen molar-refractivity contribution < 1.29 is 9.53 Å². The Morgan fingerprint density at radius 3 is 3.00 bits per heavy atom. The van der Waals surface area contributed by atoms with Crippen molar-refractivity contribution in [1.29, 1.82) is 0 Å². The molecule has 2 aliphatic heterocycles. The summed E-state index contributed by atoms with van der Waals surface area (Å²) < 4.78 is 5.94. The standard InChI is InChI=1S/C18H23NO2/c20-17(13-6-9-21-18(11-13)7-3-8-18)10-14-12-19-16-5-2-1-4-15(14)16/h1-2,4-5,13-14,19H,3,6-12H2. The van der Waals surface area contributed by atoms with E-state index in [9.17, 15) is 4.79 Å². The maximum atomic E-state index is 12.7. The van der Waals surface area contributed by atoms with E-state index in [0.29, 0.717) is 18.1 Å². The van der Waals surface area contributed by atoms with Gasteiger partial charge in [-0.3, -0.25) is 4.79 Å². The average Bonchev–Trinajstić information content (AvgIpc) is 2.89. The number of hydrogen-bond acceptors (Lipinski definition) is 3. The first-order valence-electron chi connectivity index (χ1n) is 8.25. The van der Waals surface area contributed by atoms with Crippen molar-refractivity contribution in [1.82, 2.24) is 0 Å². The molecular formula is C18H23NO2. The Hall–Kier alpha value is -1.35. The monoisotopic (exact) mass is 285 g/mol. The van der Waals surface area contributed by atoms with Gasteiger partial charge >= 0.3 is 0 Å². The largest absolute Gasteiger partial charge is 0.384 e. The van der Waals surface area contributed by atoms with Gasteiger partial charge in [0.05, 0.1) is 5.60 Å². The third-order valence-electron chi connectivity index (χ3n) is 5.60. The van der Waals surface area contributed by atoms with Gasteiger partial charge in [0.1, 0.15) is 5.78 Å². The Morgan fingerprint density at radius 2 is 2.19 bits per heavy atom. The molecule has 3 aliphatic rings. The maximum Gasteiger partial charge on any atom is 0.136 e. The van der Waals surface area contributed by atoms with Crippen molar-refractivity contribution in [2.75, 3.05) is 18.5 Å². The van der Waals surface area contributed by atoms with Crippen molar-refractivity contribution in [2.24, 2.45) is 5.92 Å². The molecule has 1 saturated carbocycles. The molecule has 21 heavy (non-hydrogen) atoms. The van der Waals surface area contributed by atoms with Gasteiger partial charge in [-0.1, -0.05) is 18.2 Å². The van der Waals surface area contributed by atoms with E-state index in [1.165, 1.54) is 17.7 Å². The molecule has 1 aromatic rings. The zero-order valence-electron chi connectivity index (χ0n) is 12.4. The molecule has 4 rings (SSSR count). The summed E-state index contributed by atoms with van der Waals surface area (Å²) >= 11 is 0. The van der Waals surface area contributed by atoms with Crippen LogP contribution in [0.5, 0.6) is 0 Å². The van der Waals surface area contributed by atoms with Gasteiger partial charge in [0, 0.05) is 37.1 Å². The van der Waals surface area contributed by atoms with Crippen LogP contribution < -0.4 is 5.32 Å². The number of Topliss-reactive ketones (excluding diaryl/α,β-unsaturated/α-hetero) is 1. The number of rotatable bonds is 3. The van der Waals surface area contributed by atoms with Gasteiger partial charge in [-0.15, -0.1) is 0 Å². The van der Waals surface area contributed by atoms with Gasteiger partial charge in [-0.2, -0.15) is 0 Å². The first kappa shape index (κ1) is 13.3. The third-order valence-corrected chi connectivity index (χ3v) is 5.60. The zero-order chi connectivity index (χ0) is 14.3. The summed E-state index contributed by atoms with van der Waals surface area (Å²) in [6.45, 7) is 1.68. The van der Waals surface area contributed by atoms with Crippen LogP contribution in [0.2, 0.25) is 0 Å². The number of benzene rings is 1. The smallest absolute Gasteiger partial charge is 0.136 e. The van der Waals surface area contributed by atoms with Crippen molar-refractivity contribution >= 4 is 11.5 Å². The number of carbonyl (C=O) groups excluding carboxylic acids is 1. The summed E-state index contributed by atoms with van der Waals surface area (Å²) in [5.41, 5.74) is 2.60. The lowest BCUT2D eigenvalue weighted by molar-refractivity contribution is -0.155. The molecule has 1 N–H and O–H groups in total. The molecule has 112 valence electrons. The summed E-state index contributed by atoms with van der Waals surface area (Å²) in [6, 6.07) is 8.39. The van der Waals surface area contributed by atoms with Crippen LogP contribution in [0.4, 0.5) is 5.69 Å². The summed E-state index contributed by atoms with van der Waals surface area (Å²) in [5.74, 6) is 1.04. The van der Waals surface area contributed by atoms with Crippen LogP contribution in [0.25, 0.3) is 0 Å². The summed E-state index contributed by atoms with van der Waals surface area (Å²) in [4.78, 5) is 12.7. The maximum absolute atomic E-state index is 12.7. The summed E-state index contributed by atoms with van der Waals surface area (Å²) in [5, 5.41) is 3.42. The molecule has 0 amide bonds. The van der Waals surface area contributed by atoms with Gasteiger partial charge < -0.3 is 10.1 Å². The van der Waals surface area contributed by atoms with Gasteiger partial charge in [-0.05, 0) is 43.7 Å². The van der Waals surface area contributed by atoms with Crippen molar-refractivity contribution in [3.8, 4) is 0 Å². The van der Waals surface area contributed by atoms with Gasteiger partial charge in [0.2, 0.25) is 0 Å². The molecule has 2 fully saturated rings. The highest BCUT2D eigenvalue weighted by atomic mass is 16.5. The molecule has 0 aromatic heterocycles. The van der Waals surface area contributed by atoms with E-state index in [0.717, 1.165) is 38.8 Å². The van der Waals surface area contributed by atoms with Gasteiger partial charge in [0.25, 0.3) is 0 Å². The lowest BCUT2D eigenvalue weighted by atomic mass is 9.70. The SMILES string of the molecule is O=C(CC1CNc2ccccc21)C1CCOC2(CCC2)C1. The van der Waals surface area contributed by atoms with Crippen molar-refractivity contribution in [3.05, 3.63) is 29.8 Å². The van der Waals surface area contributed by atoms with Crippen LogP contribution >= 0.6 is 0 Å². The van der Waals surface area contributed by atoms with Crippen LogP contribution in [0.1, 0.15) is 50.0 Å². The van der Waals surface area contributed by atoms with E-state index >= 15 is 0 Å². The minimum absolute atomic E-state index is 0.0738. The zero-order valence-corrected chi connectivity index (χ0v) is 12.4. The quantitative estimate of drug-likeness (QED) is 0.923.